The van der Waals surface area contributed by atoms with Crippen molar-refractivity contribution in [1.82, 2.24) is 9.97 Å². The molecule has 5 nitrogen and oxygen atoms in total. The molecule has 4 rings (SSSR count). The number of nitrogens with one attached hydrogen (secondary N) is 1. The first-order valence-corrected chi connectivity index (χ1v) is 9.31. The number of benzene rings is 1. The van der Waals surface area contributed by atoms with Crippen molar-refractivity contribution in [1.29, 1.82) is 0 Å². The average Bonchev–Trinajstić information content (AvgIpc) is 2.94. The van der Waals surface area contributed by atoms with Crippen LogP contribution >= 0.6 is 11.3 Å². The van der Waals surface area contributed by atoms with Crippen LogP contribution in [0.1, 0.15) is 29.3 Å². The summed E-state index contributed by atoms with van der Waals surface area (Å²) in [6, 6.07) is 7.73. The number of primary amides is 1. The minimum Gasteiger partial charge on any atom is -0.369 e. The quantitative estimate of drug-likeness (QED) is 0.752. The number of nitrogens with two attached hydrogens (primary N) is 1. The van der Waals surface area contributed by atoms with E-state index in [1.807, 2.05) is 24.3 Å². The molecule has 1 unspecified atom stereocenters. The third kappa shape index (κ3) is 3.22. The molecule has 6 heteroatoms. The lowest BCUT2D eigenvalue weighted by Crippen LogP contribution is -2.13. The largest absolute Gasteiger partial charge is 0.369 e. The van der Waals surface area contributed by atoms with E-state index < -0.39 is 0 Å². The van der Waals surface area contributed by atoms with Crippen LogP contribution in [0.4, 0.5) is 11.5 Å². The Morgan fingerprint density at radius 3 is 2.88 bits per heavy atom. The predicted molar refractivity (Wildman–Crippen MR) is 101 cm³/mol. The fourth-order valence-electron chi connectivity index (χ4n) is 3.41. The Bertz CT molecular complexity index is 932. The topological polar surface area (TPSA) is 80.9 Å². The molecule has 25 heavy (non-hydrogen) atoms. The Morgan fingerprint density at radius 1 is 1.32 bits per heavy atom. The van der Waals surface area contributed by atoms with E-state index in [1.54, 1.807) is 17.7 Å². The van der Waals surface area contributed by atoms with Crippen molar-refractivity contribution in [3.63, 3.8) is 0 Å². The molecule has 0 aliphatic heterocycles. The van der Waals surface area contributed by atoms with E-state index in [4.69, 9.17) is 5.73 Å². The fraction of sp³-hybridized carbons (Fsp3) is 0.316. The van der Waals surface area contributed by atoms with Crippen LogP contribution in [0.5, 0.6) is 0 Å². The van der Waals surface area contributed by atoms with Crippen molar-refractivity contribution in [2.24, 2.45) is 11.7 Å². The maximum Gasteiger partial charge on any atom is 0.221 e. The van der Waals surface area contributed by atoms with Gasteiger partial charge in [-0.1, -0.05) is 19.1 Å². The second-order valence-electron chi connectivity index (χ2n) is 6.72. The predicted octanol–water partition coefficient (Wildman–Crippen LogP) is 3.59. The van der Waals surface area contributed by atoms with Gasteiger partial charge in [-0.25, -0.2) is 9.97 Å². The molecular formula is C19H20N4OS. The number of hydrogen-bond donors (Lipinski definition) is 2. The summed E-state index contributed by atoms with van der Waals surface area (Å²) in [4.78, 5) is 22.5. The van der Waals surface area contributed by atoms with E-state index in [1.165, 1.54) is 16.9 Å². The molecule has 0 spiro atoms. The van der Waals surface area contributed by atoms with E-state index in [0.717, 1.165) is 46.0 Å². The van der Waals surface area contributed by atoms with Gasteiger partial charge in [0.1, 0.15) is 17.0 Å². The van der Waals surface area contributed by atoms with Crippen molar-refractivity contribution < 1.29 is 4.79 Å². The number of thiophene rings is 1. The number of amides is 1. The Morgan fingerprint density at radius 2 is 2.12 bits per heavy atom. The molecule has 3 aromatic rings. The summed E-state index contributed by atoms with van der Waals surface area (Å²) >= 11 is 1.79. The monoisotopic (exact) mass is 352 g/mol. The van der Waals surface area contributed by atoms with Gasteiger partial charge in [0.25, 0.3) is 0 Å². The lowest BCUT2D eigenvalue weighted by atomic mass is 9.89. The molecular weight excluding hydrogens is 332 g/mol. The molecule has 1 atom stereocenters. The first-order valence-electron chi connectivity index (χ1n) is 8.49. The number of aryl methyl sites for hydroxylation is 1. The van der Waals surface area contributed by atoms with Crippen molar-refractivity contribution in [2.45, 2.75) is 32.6 Å². The molecule has 1 amide bonds. The number of nitrogens with zero attached hydrogens (tertiary/aromatic N) is 2. The first kappa shape index (κ1) is 16.0. The Kier molecular flexibility index (Phi) is 4.13. The zero-order chi connectivity index (χ0) is 17.4. The van der Waals surface area contributed by atoms with Gasteiger partial charge in [-0.15, -0.1) is 11.3 Å². The zero-order valence-corrected chi connectivity index (χ0v) is 14.9. The Hall–Kier alpha value is -2.47. The molecule has 0 saturated carbocycles. The van der Waals surface area contributed by atoms with Crippen molar-refractivity contribution in [3.05, 3.63) is 46.6 Å². The van der Waals surface area contributed by atoms with Crippen LogP contribution in [-0.4, -0.2) is 15.9 Å². The molecule has 0 fully saturated rings. The standard InChI is InChI=1S/C19H20N4OS/c1-11-2-7-14-15(8-11)25-19-17(14)18(21-10-22-19)23-13-5-3-12(4-6-13)9-16(20)24/h3-6,10-11H,2,7-9H2,1H3,(H2,20,24)(H,21,22,23). The number of aromatic nitrogens is 2. The van der Waals surface area contributed by atoms with Crippen LogP contribution in [0.25, 0.3) is 10.2 Å². The molecule has 1 aliphatic rings. The summed E-state index contributed by atoms with van der Waals surface area (Å²) in [5.74, 6) is 1.28. The average molecular weight is 352 g/mol. The van der Waals surface area contributed by atoms with E-state index in [0.29, 0.717) is 0 Å². The highest BCUT2D eigenvalue weighted by atomic mass is 32.1. The molecule has 3 N–H and O–H groups in total. The number of fused-ring (bicyclic) bond motifs is 3. The lowest BCUT2D eigenvalue weighted by Gasteiger charge is -2.18. The van der Waals surface area contributed by atoms with Gasteiger partial charge in [0.15, 0.2) is 0 Å². The van der Waals surface area contributed by atoms with Crippen LogP contribution in [0.3, 0.4) is 0 Å². The Labute approximate surface area is 150 Å². The highest BCUT2D eigenvalue weighted by Crippen LogP contribution is 2.40. The maximum absolute atomic E-state index is 11.0. The summed E-state index contributed by atoms with van der Waals surface area (Å²) < 4.78 is 0. The molecule has 0 radical (unpaired) electrons. The van der Waals surface area contributed by atoms with Gasteiger partial charge in [-0.3, -0.25) is 4.79 Å². The minimum atomic E-state index is -0.322. The Balaban J connectivity index is 1.66. The van der Waals surface area contributed by atoms with Crippen LogP contribution in [0.15, 0.2) is 30.6 Å². The van der Waals surface area contributed by atoms with Gasteiger partial charge in [0, 0.05) is 10.6 Å². The molecule has 1 aromatic carbocycles. The maximum atomic E-state index is 11.0. The number of rotatable bonds is 4. The van der Waals surface area contributed by atoms with Crippen LogP contribution in [-0.2, 0) is 24.1 Å². The van der Waals surface area contributed by atoms with E-state index >= 15 is 0 Å². The highest BCUT2D eigenvalue weighted by Gasteiger charge is 2.23. The molecule has 0 saturated heterocycles. The third-order valence-electron chi connectivity index (χ3n) is 4.69. The zero-order valence-electron chi connectivity index (χ0n) is 14.1. The number of hydrogen-bond acceptors (Lipinski definition) is 5. The van der Waals surface area contributed by atoms with Crippen molar-refractivity contribution >= 4 is 39.0 Å². The van der Waals surface area contributed by atoms with Gasteiger partial charge >= 0.3 is 0 Å². The third-order valence-corrected chi connectivity index (χ3v) is 5.85. The summed E-state index contributed by atoms with van der Waals surface area (Å²) in [7, 11) is 0. The number of carbonyl (C=O) groups excluding carboxylic acids is 1. The summed E-state index contributed by atoms with van der Waals surface area (Å²) in [6.07, 6.45) is 5.33. The van der Waals surface area contributed by atoms with Crippen molar-refractivity contribution in [3.8, 4) is 0 Å². The smallest absolute Gasteiger partial charge is 0.221 e. The van der Waals surface area contributed by atoms with E-state index in [2.05, 4.69) is 22.2 Å². The highest BCUT2D eigenvalue weighted by molar-refractivity contribution is 7.19. The van der Waals surface area contributed by atoms with Crippen molar-refractivity contribution in [2.75, 3.05) is 5.32 Å². The van der Waals surface area contributed by atoms with E-state index in [9.17, 15) is 4.79 Å². The summed E-state index contributed by atoms with van der Waals surface area (Å²) in [5, 5.41) is 4.58. The summed E-state index contributed by atoms with van der Waals surface area (Å²) in [5.41, 5.74) is 8.50. The van der Waals surface area contributed by atoms with Gasteiger partial charge < -0.3 is 11.1 Å². The van der Waals surface area contributed by atoms with Gasteiger partial charge in [0.2, 0.25) is 5.91 Å². The molecule has 1 aliphatic carbocycles. The fourth-order valence-corrected chi connectivity index (χ4v) is 4.76. The minimum absolute atomic E-state index is 0.258. The van der Waals surface area contributed by atoms with Crippen LogP contribution in [0, 0.1) is 5.92 Å². The van der Waals surface area contributed by atoms with Gasteiger partial charge in [-0.05, 0) is 48.4 Å². The lowest BCUT2D eigenvalue weighted by molar-refractivity contribution is -0.117. The molecule has 0 bridgehead atoms. The number of anilines is 2. The number of carbonyl (C=O) groups is 1. The molecule has 2 aromatic heterocycles. The van der Waals surface area contributed by atoms with Gasteiger partial charge in [-0.2, -0.15) is 0 Å². The van der Waals surface area contributed by atoms with Crippen LogP contribution < -0.4 is 11.1 Å². The normalized spacial score (nSPS) is 16.6. The SMILES string of the molecule is CC1CCc2c(sc3ncnc(Nc4ccc(CC(N)=O)cc4)c23)C1. The first-order chi connectivity index (χ1) is 12.1. The second kappa shape index (κ2) is 6.44. The summed E-state index contributed by atoms with van der Waals surface area (Å²) in [6.45, 7) is 2.31. The molecule has 128 valence electrons. The van der Waals surface area contributed by atoms with Crippen LogP contribution in [0.2, 0.25) is 0 Å². The van der Waals surface area contributed by atoms with Gasteiger partial charge in [0.05, 0.1) is 11.8 Å². The second-order valence-corrected chi connectivity index (χ2v) is 7.80. The molecule has 2 heterocycles. The van der Waals surface area contributed by atoms with E-state index in [-0.39, 0.29) is 12.3 Å².